The van der Waals surface area contributed by atoms with Crippen molar-refractivity contribution in [1.82, 2.24) is 9.03 Å². The molecule has 1 atom stereocenters. The van der Waals surface area contributed by atoms with Crippen molar-refractivity contribution in [3.05, 3.63) is 0 Å². The smallest absolute Gasteiger partial charge is 0.310 e. The molecule has 1 rings (SSSR count). The Morgan fingerprint density at radius 1 is 1.53 bits per heavy atom. The highest BCUT2D eigenvalue weighted by atomic mass is 32.2. The average Bonchev–Trinajstić information content (AvgIpc) is 2.39. The van der Waals surface area contributed by atoms with Crippen molar-refractivity contribution >= 4 is 16.2 Å². The third-order valence-corrected chi connectivity index (χ3v) is 4.54. The van der Waals surface area contributed by atoms with Crippen molar-refractivity contribution in [1.29, 1.82) is 0 Å². The van der Waals surface area contributed by atoms with Gasteiger partial charge in [0.25, 0.3) is 10.2 Å². The van der Waals surface area contributed by atoms with E-state index in [9.17, 15) is 13.2 Å². The van der Waals surface area contributed by atoms with Crippen molar-refractivity contribution in [2.24, 2.45) is 5.92 Å². The topological polar surface area (TPSA) is 95.9 Å². The van der Waals surface area contributed by atoms with Crippen LogP contribution in [0.4, 0.5) is 0 Å². The number of piperidine rings is 1. The molecule has 1 aliphatic rings. The molecule has 0 amide bonds. The summed E-state index contributed by atoms with van der Waals surface area (Å²) in [4.78, 5) is 11.6. The molecule has 1 aliphatic heterocycles. The number of esters is 1. The first-order valence-corrected chi connectivity index (χ1v) is 7.97. The first-order chi connectivity index (χ1) is 9.01. The number of rotatable bonds is 7. The van der Waals surface area contributed by atoms with Crippen molar-refractivity contribution < 1.29 is 23.1 Å². The number of nitrogens with one attached hydrogen (secondary N) is 1. The van der Waals surface area contributed by atoms with Crippen LogP contribution in [0.2, 0.25) is 0 Å². The van der Waals surface area contributed by atoms with Gasteiger partial charge in [0, 0.05) is 26.2 Å². The molecule has 0 bridgehead atoms. The molecule has 0 aromatic heterocycles. The molecule has 0 aromatic rings. The van der Waals surface area contributed by atoms with Crippen LogP contribution in [-0.4, -0.2) is 56.6 Å². The van der Waals surface area contributed by atoms with Gasteiger partial charge in [0.15, 0.2) is 0 Å². The van der Waals surface area contributed by atoms with Crippen LogP contribution in [0.15, 0.2) is 0 Å². The monoisotopic (exact) mass is 294 g/mol. The zero-order valence-corrected chi connectivity index (χ0v) is 12.0. The maximum absolute atomic E-state index is 12.0. The summed E-state index contributed by atoms with van der Waals surface area (Å²) in [6.45, 7) is 2.73. The zero-order valence-electron chi connectivity index (χ0n) is 11.2. The van der Waals surface area contributed by atoms with E-state index in [1.54, 1.807) is 6.92 Å². The highest BCUT2D eigenvalue weighted by molar-refractivity contribution is 7.87. The Kier molecular flexibility index (Phi) is 6.70. The van der Waals surface area contributed by atoms with Gasteiger partial charge >= 0.3 is 5.97 Å². The number of carbonyl (C=O) groups is 1. The molecule has 7 nitrogen and oxygen atoms in total. The summed E-state index contributed by atoms with van der Waals surface area (Å²) in [5.41, 5.74) is 0. The lowest BCUT2D eigenvalue weighted by atomic mass is 10.0. The van der Waals surface area contributed by atoms with Gasteiger partial charge in [-0.2, -0.15) is 12.7 Å². The van der Waals surface area contributed by atoms with Gasteiger partial charge in [-0.05, 0) is 26.2 Å². The summed E-state index contributed by atoms with van der Waals surface area (Å²) in [7, 11) is -3.57. The van der Waals surface area contributed by atoms with Gasteiger partial charge in [0.05, 0.1) is 12.5 Å². The summed E-state index contributed by atoms with van der Waals surface area (Å²) < 4.78 is 32.5. The van der Waals surface area contributed by atoms with E-state index in [1.165, 1.54) is 4.31 Å². The maximum Gasteiger partial charge on any atom is 0.310 e. The first kappa shape index (κ1) is 16.4. The summed E-state index contributed by atoms with van der Waals surface area (Å²) in [5.74, 6) is -0.721. The average molecular weight is 294 g/mol. The fourth-order valence-electron chi connectivity index (χ4n) is 1.98. The highest BCUT2D eigenvalue weighted by Crippen LogP contribution is 2.19. The largest absolute Gasteiger partial charge is 0.466 e. The van der Waals surface area contributed by atoms with Gasteiger partial charge in [-0.3, -0.25) is 4.79 Å². The number of aliphatic hydroxyl groups excluding tert-OH is 1. The van der Waals surface area contributed by atoms with Gasteiger partial charge < -0.3 is 9.84 Å². The van der Waals surface area contributed by atoms with Crippen LogP contribution < -0.4 is 4.72 Å². The third kappa shape index (κ3) is 5.06. The predicted octanol–water partition coefficient (Wildman–Crippen LogP) is -0.522. The fourth-order valence-corrected chi connectivity index (χ4v) is 3.32. The molecule has 2 N–H and O–H groups in total. The fraction of sp³-hybridized carbons (Fsp3) is 0.909. The number of aliphatic hydroxyl groups is 1. The first-order valence-electron chi connectivity index (χ1n) is 6.53. The van der Waals surface area contributed by atoms with Gasteiger partial charge in [0.1, 0.15) is 0 Å². The van der Waals surface area contributed by atoms with Gasteiger partial charge in [-0.15, -0.1) is 0 Å². The Hall–Kier alpha value is -0.700. The van der Waals surface area contributed by atoms with Crippen molar-refractivity contribution in [2.75, 3.05) is 32.8 Å². The Morgan fingerprint density at radius 3 is 2.89 bits per heavy atom. The number of nitrogens with zero attached hydrogens (tertiary/aromatic N) is 1. The molecule has 0 aliphatic carbocycles. The van der Waals surface area contributed by atoms with Crippen LogP contribution in [0.3, 0.4) is 0 Å². The SMILES string of the molecule is CCOC(=O)C1CCCN(S(=O)(=O)NCCCO)C1. The molecule has 0 saturated carbocycles. The van der Waals surface area contributed by atoms with Gasteiger partial charge in [-0.25, -0.2) is 4.72 Å². The molecule has 1 saturated heterocycles. The minimum atomic E-state index is -3.57. The molecule has 8 heteroatoms. The summed E-state index contributed by atoms with van der Waals surface area (Å²) in [5, 5.41) is 8.64. The second-order valence-corrected chi connectivity index (χ2v) is 6.18. The van der Waals surface area contributed by atoms with Gasteiger partial charge in [0.2, 0.25) is 0 Å². The predicted molar refractivity (Wildman–Crippen MR) is 69.6 cm³/mol. The number of hydrogen-bond donors (Lipinski definition) is 2. The van der Waals surface area contributed by atoms with Crippen LogP contribution in [0.1, 0.15) is 26.2 Å². The molecular formula is C11H22N2O5S. The number of hydrogen-bond acceptors (Lipinski definition) is 5. The molecule has 0 spiro atoms. The summed E-state index contributed by atoms with van der Waals surface area (Å²) in [6.07, 6.45) is 1.67. The van der Waals surface area contributed by atoms with Crippen LogP contribution >= 0.6 is 0 Å². The molecule has 1 unspecified atom stereocenters. The van der Waals surface area contributed by atoms with Crippen LogP contribution in [-0.2, 0) is 19.7 Å². The molecule has 112 valence electrons. The minimum absolute atomic E-state index is 0.0615. The summed E-state index contributed by atoms with van der Waals surface area (Å²) >= 11 is 0. The summed E-state index contributed by atoms with van der Waals surface area (Å²) in [6, 6.07) is 0. The lowest BCUT2D eigenvalue weighted by molar-refractivity contribution is -0.149. The molecule has 0 aromatic carbocycles. The van der Waals surface area contributed by atoms with E-state index in [1.807, 2.05) is 0 Å². The maximum atomic E-state index is 12.0. The van der Waals surface area contributed by atoms with E-state index >= 15 is 0 Å². The highest BCUT2D eigenvalue weighted by Gasteiger charge is 2.32. The molecular weight excluding hydrogens is 272 g/mol. The van der Waals surface area contributed by atoms with Crippen molar-refractivity contribution in [3.63, 3.8) is 0 Å². The van der Waals surface area contributed by atoms with Crippen LogP contribution in [0.25, 0.3) is 0 Å². The second-order valence-electron chi connectivity index (χ2n) is 4.43. The van der Waals surface area contributed by atoms with E-state index < -0.39 is 10.2 Å². The Bertz CT molecular complexity index is 385. The van der Waals surface area contributed by atoms with Crippen LogP contribution in [0, 0.1) is 5.92 Å². The van der Waals surface area contributed by atoms with Gasteiger partial charge in [-0.1, -0.05) is 0 Å². The molecule has 1 heterocycles. The Morgan fingerprint density at radius 2 is 2.26 bits per heavy atom. The van der Waals surface area contributed by atoms with E-state index in [2.05, 4.69) is 4.72 Å². The van der Waals surface area contributed by atoms with Crippen LogP contribution in [0.5, 0.6) is 0 Å². The molecule has 1 fully saturated rings. The molecule has 0 radical (unpaired) electrons. The number of ether oxygens (including phenoxy) is 1. The molecule has 19 heavy (non-hydrogen) atoms. The van der Waals surface area contributed by atoms with E-state index in [0.717, 1.165) is 0 Å². The van der Waals surface area contributed by atoms with E-state index in [4.69, 9.17) is 9.84 Å². The van der Waals surface area contributed by atoms with Crippen molar-refractivity contribution in [2.45, 2.75) is 26.2 Å². The van der Waals surface area contributed by atoms with E-state index in [0.29, 0.717) is 32.4 Å². The Labute approximate surface area is 114 Å². The standard InChI is InChI=1S/C11H22N2O5S/c1-2-18-11(15)10-5-3-7-13(9-10)19(16,17)12-6-4-8-14/h10,12,14H,2-9H2,1H3. The number of carbonyl (C=O) groups excluding carboxylic acids is 1. The van der Waals surface area contributed by atoms with E-state index in [-0.39, 0.29) is 31.6 Å². The lowest BCUT2D eigenvalue weighted by Crippen LogP contribution is -2.47. The quantitative estimate of drug-likeness (QED) is 0.486. The minimum Gasteiger partial charge on any atom is -0.466 e. The third-order valence-electron chi connectivity index (χ3n) is 2.96. The van der Waals surface area contributed by atoms with Crippen molar-refractivity contribution in [3.8, 4) is 0 Å². The normalized spacial score (nSPS) is 21.3. The second kappa shape index (κ2) is 7.78. The zero-order chi connectivity index (χ0) is 14.3. The lowest BCUT2D eigenvalue weighted by Gasteiger charge is -2.30. The Balaban J connectivity index is 2.55.